The van der Waals surface area contributed by atoms with Gasteiger partial charge in [0.05, 0.1) is 32.0 Å². The van der Waals surface area contributed by atoms with Gasteiger partial charge in [0.2, 0.25) is 0 Å². The highest BCUT2D eigenvalue weighted by atomic mass is 32.1. The summed E-state index contributed by atoms with van der Waals surface area (Å²) in [6.45, 7) is 5.47. The van der Waals surface area contributed by atoms with Crippen LogP contribution in [0, 0.1) is 0 Å². The number of ether oxygens (including phenoxy) is 6. The van der Waals surface area contributed by atoms with Crippen LogP contribution in [0.3, 0.4) is 0 Å². The predicted octanol–water partition coefficient (Wildman–Crippen LogP) is 6.66. The SMILES string of the molecule is CC(C)(O)C1OC(COC(=O)CCc2ccc(OCCCNS)cc2)C(OCc2ccccc2)C(OCc2ccccc2)C1OCc1ccccc1. The fourth-order valence-corrected chi connectivity index (χ4v) is 6.24. The zero-order valence-electron chi connectivity index (χ0n) is 30.0. The maximum absolute atomic E-state index is 13.1. The molecule has 2 N–H and O–H groups in total. The van der Waals surface area contributed by atoms with E-state index in [0.717, 1.165) is 41.0 Å². The van der Waals surface area contributed by atoms with Crippen molar-refractivity contribution >= 4 is 18.8 Å². The van der Waals surface area contributed by atoms with Gasteiger partial charge in [0.25, 0.3) is 0 Å². The minimum Gasteiger partial charge on any atom is -0.494 e. The molecule has 4 aromatic rings. The average Bonchev–Trinajstić information content (AvgIpc) is 3.17. The van der Waals surface area contributed by atoms with Gasteiger partial charge < -0.3 is 33.5 Å². The van der Waals surface area contributed by atoms with Crippen molar-refractivity contribution in [3.05, 3.63) is 138 Å². The third kappa shape index (κ3) is 12.4. The van der Waals surface area contributed by atoms with E-state index in [1.807, 2.05) is 115 Å². The van der Waals surface area contributed by atoms with Crippen LogP contribution in [-0.2, 0) is 54.7 Å². The first kappa shape index (κ1) is 39.5. The number of rotatable bonds is 20. The first-order valence-electron chi connectivity index (χ1n) is 17.9. The Morgan fingerprint density at radius 3 is 1.77 bits per heavy atom. The molecule has 0 aromatic heterocycles. The van der Waals surface area contributed by atoms with E-state index in [2.05, 4.69) is 17.5 Å². The lowest BCUT2D eigenvalue weighted by Gasteiger charge is -2.49. The van der Waals surface area contributed by atoms with Crippen LogP contribution in [0.5, 0.6) is 5.75 Å². The summed E-state index contributed by atoms with van der Waals surface area (Å²) in [5, 5.41) is 11.5. The van der Waals surface area contributed by atoms with Crippen LogP contribution in [0.2, 0.25) is 0 Å². The summed E-state index contributed by atoms with van der Waals surface area (Å²) in [7, 11) is 0. The number of carbonyl (C=O) groups excluding carboxylic acids is 1. The summed E-state index contributed by atoms with van der Waals surface area (Å²) in [5.74, 6) is 0.409. The van der Waals surface area contributed by atoms with E-state index in [0.29, 0.717) is 13.0 Å². The smallest absolute Gasteiger partial charge is 0.306 e. The summed E-state index contributed by atoms with van der Waals surface area (Å²) in [5.41, 5.74) is 2.58. The molecule has 0 saturated carbocycles. The standard InChI is InChI=1S/C42H51NO8S/c1-42(2,45)41-40(50-29-34-17-10-5-11-18-34)39(49-28-33-15-8-4-9-16-33)38(48-27-32-13-6-3-7-14-32)36(51-41)30-47-37(44)24-21-31-19-22-35(23-20-31)46-26-12-25-43-52/h3-11,13-20,22-23,36,38-41,43,45,52H,12,21,24-30H2,1-2H3. The molecule has 0 radical (unpaired) electrons. The second kappa shape index (κ2) is 20.5. The molecule has 1 aliphatic rings. The highest BCUT2D eigenvalue weighted by Crippen LogP contribution is 2.35. The zero-order valence-corrected chi connectivity index (χ0v) is 30.9. The number of nitrogens with one attached hydrogen (secondary N) is 1. The van der Waals surface area contributed by atoms with Crippen LogP contribution in [0.1, 0.15) is 48.9 Å². The van der Waals surface area contributed by atoms with E-state index in [9.17, 15) is 9.90 Å². The predicted molar refractivity (Wildman–Crippen MR) is 203 cm³/mol. The highest BCUT2D eigenvalue weighted by Gasteiger charge is 2.53. The minimum atomic E-state index is -1.33. The van der Waals surface area contributed by atoms with Gasteiger partial charge in [-0.3, -0.25) is 9.52 Å². The normalized spacial score (nSPS) is 20.3. The maximum atomic E-state index is 13.1. The zero-order chi connectivity index (χ0) is 36.6. The fourth-order valence-electron chi connectivity index (χ4n) is 6.08. The van der Waals surface area contributed by atoms with Gasteiger partial charge in [0, 0.05) is 13.0 Å². The minimum absolute atomic E-state index is 0.0879. The number of esters is 1. The van der Waals surface area contributed by atoms with Crippen LogP contribution in [-0.4, -0.2) is 67.0 Å². The molecule has 0 aliphatic carbocycles. The number of hydrogen-bond donors (Lipinski definition) is 3. The molecule has 5 unspecified atom stereocenters. The Labute approximate surface area is 313 Å². The van der Waals surface area contributed by atoms with Crippen LogP contribution in [0.4, 0.5) is 0 Å². The average molecular weight is 730 g/mol. The molecule has 5 rings (SSSR count). The molecule has 0 amide bonds. The van der Waals surface area contributed by atoms with Crippen molar-refractivity contribution < 1.29 is 38.3 Å². The quantitative estimate of drug-likeness (QED) is 0.0524. The lowest BCUT2D eigenvalue weighted by atomic mass is 9.86. The van der Waals surface area contributed by atoms with Crippen molar-refractivity contribution in [2.45, 2.75) is 89.1 Å². The van der Waals surface area contributed by atoms with Gasteiger partial charge in [0.15, 0.2) is 0 Å². The van der Waals surface area contributed by atoms with Gasteiger partial charge >= 0.3 is 5.97 Å². The number of benzene rings is 4. The molecule has 4 aromatic carbocycles. The molecule has 5 atom stereocenters. The Kier molecular flexibility index (Phi) is 15.5. The number of hydrogen-bond acceptors (Lipinski definition) is 10. The molecule has 0 bridgehead atoms. The van der Waals surface area contributed by atoms with E-state index < -0.39 is 36.1 Å². The summed E-state index contributed by atoms with van der Waals surface area (Å²) < 4.78 is 40.9. The highest BCUT2D eigenvalue weighted by molar-refractivity contribution is 7.78. The molecule has 1 saturated heterocycles. The summed E-state index contributed by atoms with van der Waals surface area (Å²) in [6.07, 6.45) is -2.15. The van der Waals surface area contributed by atoms with E-state index in [4.69, 9.17) is 28.4 Å². The van der Waals surface area contributed by atoms with E-state index in [1.165, 1.54) is 0 Å². The van der Waals surface area contributed by atoms with Crippen molar-refractivity contribution in [1.29, 1.82) is 0 Å². The van der Waals surface area contributed by atoms with E-state index in [1.54, 1.807) is 13.8 Å². The number of thiol groups is 1. The monoisotopic (exact) mass is 729 g/mol. The van der Waals surface area contributed by atoms with Crippen molar-refractivity contribution in [2.24, 2.45) is 0 Å². The molecule has 1 fully saturated rings. The first-order chi connectivity index (χ1) is 25.3. The molecule has 0 spiro atoms. The van der Waals surface area contributed by atoms with Crippen molar-refractivity contribution in [3.8, 4) is 5.75 Å². The molecule has 1 heterocycles. The molecular formula is C42H51NO8S. The fraction of sp³-hybridized carbons (Fsp3) is 0.405. The number of carbonyl (C=O) groups is 1. The Balaban J connectivity index is 1.32. The Bertz CT molecular complexity index is 1590. The molecule has 278 valence electrons. The second-order valence-electron chi connectivity index (χ2n) is 13.5. The third-order valence-corrected chi connectivity index (χ3v) is 9.06. The van der Waals surface area contributed by atoms with Crippen LogP contribution >= 0.6 is 12.8 Å². The van der Waals surface area contributed by atoms with Gasteiger partial charge in [-0.05, 0) is 61.1 Å². The topological polar surface area (TPSA) is 105 Å². The number of aliphatic hydroxyl groups is 1. The molecule has 1 aliphatic heterocycles. The Morgan fingerprint density at radius 1 is 0.731 bits per heavy atom. The van der Waals surface area contributed by atoms with E-state index >= 15 is 0 Å². The third-order valence-electron chi connectivity index (χ3n) is 8.84. The van der Waals surface area contributed by atoms with Gasteiger partial charge in [-0.25, -0.2) is 0 Å². The summed E-state index contributed by atoms with van der Waals surface area (Å²) >= 11 is 3.99. The summed E-state index contributed by atoms with van der Waals surface area (Å²) in [6, 6.07) is 37.3. The second-order valence-corrected chi connectivity index (χ2v) is 13.8. The molecule has 52 heavy (non-hydrogen) atoms. The van der Waals surface area contributed by atoms with Gasteiger partial charge in [-0.1, -0.05) is 116 Å². The van der Waals surface area contributed by atoms with Crippen LogP contribution < -0.4 is 9.46 Å². The first-order valence-corrected chi connectivity index (χ1v) is 18.3. The van der Waals surface area contributed by atoms with Gasteiger partial charge in [0.1, 0.15) is 42.9 Å². The van der Waals surface area contributed by atoms with E-state index in [-0.39, 0.29) is 38.8 Å². The van der Waals surface area contributed by atoms with Crippen LogP contribution in [0.25, 0.3) is 0 Å². The van der Waals surface area contributed by atoms with Crippen molar-refractivity contribution in [2.75, 3.05) is 19.8 Å². The number of aryl methyl sites for hydroxylation is 1. The molecule has 10 heteroatoms. The van der Waals surface area contributed by atoms with Gasteiger partial charge in [-0.2, -0.15) is 0 Å². The van der Waals surface area contributed by atoms with Crippen molar-refractivity contribution in [1.82, 2.24) is 4.72 Å². The summed E-state index contributed by atoms with van der Waals surface area (Å²) in [4.78, 5) is 13.1. The van der Waals surface area contributed by atoms with Gasteiger partial charge in [-0.15, -0.1) is 0 Å². The largest absolute Gasteiger partial charge is 0.494 e. The lowest BCUT2D eigenvalue weighted by Crippen LogP contribution is -2.65. The van der Waals surface area contributed by atoms with Crippen molar-refractivity contribution in [3.63, 3.8) is 0 Å². The maximum Gasteiger partial charge on any atom is 0.306 e. The lowest BCUT2D eigenvalue weighted by molar-refractivity contribution is -0.296. The molecule has 9 nitrogen and oxygen atoms in total. The Morgan fingerprint density at radius 2 is 1.25 bits per heavy atom. The Hall–Kier alpha value is -3.74. The van der Waals surface area contributed by atoms with Crippen LogP contribution in [0.15, 0.2) is 115 Å². The molecular weight excluding hydrogens is 679 g/mol.